The number of likely N-dealkylation sites (tertiary alicyclic amines) is 1. The van der Waals surface area contributed by atoms with Crippen molar-refractivity contribution in [3.63, 3.8) is 0 Å². The Morgan fingerprint density at radius 3 is 2.32 bits per heavy atom. The number of hydrogen-bond acceptors (Lipinski definition) is 5. The quantitative estimate of drug-likeness (QED) is 0.596. The van der Waals surface area contributed by atoms with Crippen LogP contribution in [0.1, 0.15) is 54.6 Å². The van der Waals surface area contributed by atoms with Gasteiger partial charge in [-0.15, -0.1) is 0 Å². The molecule has 0 aromatic heterocycles. The summed E-state index contributed by atoms with van der Waals surface area (Å²) in [7, 11) is 0. The van der Waals surface area contributed by atoms with E-state index in [1.165, 1.54) is 6.07 Å². The predicted octanol–water partition coefficient (Wildman–Crippen LogP) is 3.46. The third kappa shape index (κ3) is 3.80. The van der Waals surface area contributed by atoms with Gasteiger partial charge in [0.25, 0.3) is 0 Å². The van der Waals surface area contributed by atoms with Gasteiger partial charge in [0.2, 0.25) is 11.8 Å². The molecule has 3 fully saturated rings. The molecule has 0 radical (unpaired) electrons. The molecule has 2 aromatic rings. The van der Waals surface area contributed by atoms with E-state index in [9.17, 15) is 14.4 Å². The van der Waals surface area contributed by atoms with Gasteiger partial charge in [-0.1, -0.05) is 38.1 Å². The maximum absolute atomic E-state index is 15.5. The van der Waals surface area contributed by atoms with E-state index in [0.717, 1.165) is 11.3 Å². The summed E-state index contributed by atoms with van der Waals surface area (Å²) in [6, 6.07) is 12.5. The van der Waals surface area contributed by atoms with Crippen LogP contribution in [-0.4, -0.2) is 66.9 Å². The highest BCUT2D eigenvalue weighted by molar-refractivity contribution is 5.96. The molecule has 7 nitrogen and oxygen atoms in total. The molecular weight excluding hydrogens is 473 g/mol. The number of carbonyl (C=O) groups is 3. The van der Waals surface area contributed by atoms with Gasteiger partial charge in [-0.05, 0) is 31.0 Å². The number of carbonyl (C=O) groups excluding carboxylic acids is 3. The maximum atomic E-state index is 15.5. The molecule has 3 heterocycles. The van der Waals surface area contributed by atoms with Crippen LogP contribution in [0.4, 0.5) is 10.1 Å². The normalized spacial score (nSPS) is 24.0. The summed E-state index contributed by atoms with van der Waals surface area (Å²) >= 11 is 0. The smallest absolute Gasteiger partial charge is 0.339 e. The molecule has 37 heavy (non-hydrogen) atoms. The lowest BCUT2D eigenvalue weighted by Crippen LogP contribution is -2.50. The molecule has 1 spiro atoms. The highest BCUT2D eigenvalue weighted by atomic mass is 19.1. The number of rotatable bonds is 4. The van der Waals surface area contributed by atoms with E-state index < -0.39 is 11.0 Å². The topological polar surface area (TPSA) is 70.2 Å². The van der Waals surface area contributed by atoms with E-state index in [1.807, 2.05) is 43.0 Å². The average molecular weight is 506 g/mol. The monoisotopic (exact) mass is 505 g/mol. The van der Waals surface area contributed by atoms with E-state index in [4.69, 9.17) is 4.74 Å². The first kappa shape index (κ1) is 23.9. The minimum atomic E-state index is -0.849. The van der Waals surface area contributed by atoms with Crippen molar-refractivity contribution in [2.45, 2.75) is 44.1 Å². The van der Waals surface area contributed by atoms with Gasteiger partial charge in [0.05, 0.1) is 17.5 Å². The van der Waals surface area contributed by atoms with Crippen LogP contribution in [-0.2, 0) is 25.3 Å². The van der Waals surface area contributed by atoms with Crippen molar-refractivity contribution in [3.8, 4) is 0 Å². The lowest BCUT2D eigenvalue weighted by molar-refractivity contribution is -0.135. The zero-order valence-corrected chi connectivity index (χ0v) is 21.3. The summed E-state index contributed by atoms with van der Waals surface area (Å²) in [6.45, 7) is 7.11. The number of anilines is 1. The van der Waals surface area contributed by atoms with Crippen LogP contribution in [0.5, 0.6) is 0 Å². The van der Waals surface area contributed by atoms with Gasteiger partial charge in [0.15, 0.2) is 5.60 Å². The van der Waals surface area contributed by atoms with Crippen LogP contribution in [0, 0.1) is 11.7 Å². The van der Waals surface area contributed by atoms with Gasteiger partial charge >= 0.3 is 5.97 Å². The highest BCUT2D eigenvalue weighted by Crippen LogP contribution is 2.53. The highest BCUT2D eigenvalue weighted by Gasteiger charge is 2.58. The van der Waals surface area contributed by atoms with Crippen molar-refractivity contribution in [1.29, 1.82) is 0 Å². The number of piperazine rings is 1. The molecular formula is C29H32FN3O4. The number of esters is 1. The van der Waals surface area contributed by atoms with Crippen LogP contribution in [0.15, 0.2) is 42.5 Å². The number of benzene rings is 2. The Balaban J connectivity index is 1.17. The molecule has 3 aliphatic heterocycles. The van der Waals surface area contributed by atoms with Crippen molar-refractivity contribution in [2.24, 2.45) is 5.92 Å². The van der Waals surface area contributed by atoms with Crippen LogP contribution >= 0.6 is 0 Å². The van der Waals surface area contributed by atoms with Gasteiger partial charge in [-0.3, -0.25) is 9.59 Å². The van der Waals surface area contributed by atoms with E-state index in [-0.39, 0.29) is 29.5 Å². The lowest BCUT2D eigenvalue weighted by atomic mass is 9.91. The molecule has 2 amide bonds. The molecule has 2 saturated heterocycles. The van der Waals surface area contributed by atoms with Gasteiger partial charge in [0.1, 0.15) is 5.82 Å². The third-order valence-corrected chi connectivity index (χ3v) is 8.52. The molecule has 6 rings (SSSR count). The standard InChI is InChI=1S/C29H32FN3O4/c1-19(2)25(34)32-15-13-31(14-16-32)20-7-8-23(24(30)17-20)28(9-10-28)27(36)33-12-11-29(18-33)22-6-4-3-5-21(22)26(35)37-29/h3-8,17,19H,9-16,18H2,1-2H3/t29-/m0/s1. The van der Waals surface area contributed by atoms with E-state index in [1.54, 1.807) is 17.0 Å². The lowest BCUT2D eigenvalue weighted by Gasteiger charge is -2.37. The summed E-state index contributed by atoms with van der Waals surface area (Å²) in [5.74, 6) is -0.679. The third-order valence-electron chi connectivity index (χ3n) is 8.52. The molecule has 4 aliphatic rings. The number of amides is 2. The maximum Gasteiger partial charge on any atom is 0.339 e. The molecule has 8 heteroatoms. The number of halogens is 1. The predicted molar refractivity (Wildman–Crippen MR) is 136 cm³/mol. The first-order valence-corrected chi connectivity index (χ1v) is 13.2. The summed E-state index contributed by atoms with van der Waals surface area (Å²) in [5, 5.41) is 0. The minimum absolute atomic E-state index is 0.0310. The Morgan fingerprint density at radius 2 is 1.65 bits per heavy atom. The number of nitrogens with zero attached hydrogens (tertiary/aromatic N) is 3. The second-order valence-electron chi connectivity index (χ2n) is 11.1. The minimum Gasteiger partial charge on any atom is -0.449 e. The average Bonchev–Trinajstić information content (AvgIpc) is 3.52. The first-order valence-electron chi connectivity index (χ1n) is 13.2. The molecule has 0 bridgehead atoms. The second kappa shape index (κ2) is 8.57. The summed E-state index contributed by atoms with van der Waals surface area (Å²) < 4.78 is 21.3. The molecule has 2 aromatic carbocycles. The summed E-state index contributed by atoms with van der Waals surface area (Å²) in [5.41, 5.74) is 0.967. The van der Waals surface area contributed by atoms with Crippen LogP contribution < -0.4 is 4.90 Å². The van der Waals surface area contributed by atoms with Crippen LogP contribution in [0.3, 0.4) is 0 Å². The van der Waals surface area contributed by atoms with Crippen molar-refractivity contribution >= 4 is 23.5 Å². The van der Waals surface area contributed by atoms with Crippen molar-refractivity contribution in [3.05, 3.63) is 65.0 Å². The molecule has 1 saturated carbocycles. The largest absolute Gasteiger partial charge is 0.449 e. The van der Waals surface area contributed by atoms with E-state index in [2.05, 4.69) is 4.90 Å². The van der Waals surface area contributed by atoms with Crippen molar-refractivity contribution in [1.82, 2.24) is 9.80 Å². The number of fused-ring (bicyclic) bond motifs is 2. The molecule has 1 aliphatic carbocycles. The van der Waals surface area contributed by atoms with E-state index >= 15 is 4.39 Å². The van der Waals surface area contributed by atoms with Crippen LogP contribution in [0.25, 0.3) is 0 Å². The molecule has 0 unspecified atom stereocenters. The Labute approximate surface area is 216 Å². The van der Waals surface area contributed by atoms with Gasteiger partial charge in [0, 0.05) is 61.9 Å². The second-order valence-corrected chi connectivity index (χ2v) is 11.1. The summed E-state index contributed by atoms with van der Waals surface area (Å²) in [6.07, 6.45) is 1.76. The fraction of sp³-hybridized carbons (Fsp3) is 0.483. The van der Waals surface area contributed by atoms with Crippen molar-refractivity contribution in [2.75, 3.05) is 44.2 Å². The van der Waals surface area contributed by atoms with Gasteiger partial charge in [-0.2, -0.15) is 0 Å². The fourth-order valence-corrected chi connectivity index (χ4v) is 6.27. The molecule has 194 valence electrons. The Bertz CT molecular complexity index is 1280. The number of ether oxygens (including phenoxy) is 1. The van der Waals surface area contributed by atoms with Gasteiger partial charge < -0.3 is 19.4 Å². The molecule has 1 atom stereocenters. The van der Waals surface area contributed by atoms with Crippen LogP contribution in [0.2, 0.25) is 0 Å². The Morgan fingerprint density at radius 1 is 0.919 bits per heavy atom. The first-order chi connectivity index (χ1) is 17.7. The fourth-order valence-electron chi connectivity index (χ4n) is 6.27. The zero-order chi connectivity index (χ0) is 25.9. The summed E-state index contributed by atoms with van der Waals surface area (Å²) in [4.78, 5) is 44.1. The Kier molecular flexibility index (Phi) is 5.55. The van der Waals surface area contributed by atoms with E-state index in [0.29, 0.717) is 69.7 Å². The number of hydrogen-bond donors (Lipinski definition) is 0. The van der Waals surface area contributed by atoms with Gasteiger partial charge in [-0.25, -0.2) is 9.18 Å². The Hall–Kier alpha value is -3.42. The van der Waals surface area contributed by atoms with Crippen molar-refractivity contribution < 1.29 is 23.5 Å². The SMILES string of the molecule is CC(C)C(=O)N1CCN(c2ccc(C3(C(=O)N4CC[C@@]5(C4)OC(=O)c4ccccc45)CC3)c(F)c2)CC1. The molecule has 0 N–H and O–H groups in total. The zero-order valence-electron chi connectivity index (χ0n) is 21.3.